The van der Waals surface area contributed by atoms with Crippen molar-refractivity contribution in [2.45, 2.75) is 24.4 Å². The molecule has 0 aliphatic carbocycles. The van der Waals surface area contributed by atoms with E-state index in [0.717, 1.165) is 25.1 Å². The third-order valence-corrected chi connectivity index (χ3v) is 3.41. The number of imidazole rings is 1. The molecule has 1 aromatic heterocycles. The highest BCUT2D eigenvalue weighted by molar-refractivity contribution is 5.28. The summed E-state index contributed by atoms with van der Waals surface area (Å²) in [5.41, 5.74) is 8.00. The van der Waals surface area contributed by atoms with Crippen molar-refractivity contribution in [3.05, 3.63) is 17.7 Å². The molecule has 1 fully saturated rings. The maximum atomic E-state index is 5.74. The second kappa shape index (κ2) is 3.30. The average Bonchev–Trinajstić information content (AvgIpc) is 2.87. The minimum Gasteiger partial charge on any atom is -0.379 e. The second-order valence-electron chi connectivity index (χ2n) is 4.40. The Kier molecular flexibility index (Phi) is 2.05. The zero-order chi connectivity index (χ0) is 10.3. The van der Waals surface area contributed by atoms with Gasteiger partial charge < -0.3 is 15.5 Å². The third kappa shape index (κ3) is 1.31. The highest BCUT2D eigenvalue weighted by Gasteiger charge is 2.44. The van der Waals surface area contributed by atoms with Crippen LogP contribution in [0.4, 0.5) is 0 Å². The highest BCUT2D eigenvalue weighted by Crippen LogP contribution is 2.34. The van der Waals surface area contributed by atoms with E-state index in [9.17, 15) is 0 Å². The lowest BCUT2D eigenvalue weighted by Crippen LogP contribution is -2.55. The lowest BCUT2D eigenvalue weighted by atomic mass is 9.86. The fourth-order valence-corrected chi connectivity index (χ4v) is 2.65. The molecule has 1 saturated heterocycles. The van der Waals surface area contributed by atoms with Crippen LogP contribution in [0.1, 0.15) is 17.8 Å². The van der Waals surface area contributed by atoms with Crippen molar-refractivity contribution in [3.63, 3.8) is 0 Å². The molecular weight excluding hydrogens is 192 g/mol. The molecule has 5 heteroatoms. The van der Waals surface area contributed by atoms with Crippen molar-refractivity contribution in [1.29, 1.82) is 0 Å². The molecule has 1 aromatic rings. The molecule has 15 heavy (non-hydrogen) atoms. The van der Waals surface area contributed by atoms with Gasteiger partial charge in [0.05, 0.1) is 24.2 Å². The number of nitrogens with one attached hydrogen (secondary N) is 2. The van der Waals surface area contributed by atoms with E-state index in [0.29, 0.717) is 19.2 Å². The summed E-state index contributed by atoms with van der Waals surface area (Å²) in [6, 6.07) is 0.333. The van der Waals surface area contributed by atoms with Gasteiger partial charge in [0.25, 0.3) is 0 Å². The Balaban J connectivity index is 2.01. The molecule has 2 unspecified atom stereocenters. The Morgan fingerprint density at radius 2 is 2.60 bits per heavy atom. The summed E-state index contributed by atoms with van der Waals surface area (Å²) in [6.07, 6.45) is 3.69. The summed E-state index contributed by atoms with van der Waals surface area (Å²) in [4.78, 5) is 7.63. The number of H-pyrrole nitrogens is 1. The number of nitrogens with zero attached hydrogens (tertiary/aromatic N) is 1. The molecule has 3 heterocycles. The number of ether oxygens (including phenoxy) is 1. The van der Waals surface area contributed by atoms with E-state index in [2.05, 4.69) is 15.3 Å². The molecule has 0 amide bonds. The Hall–Kier alpha value is -0.910. The summed E-state index contributed by atoms with van der Waals surface area (Å²) in [7, 11) is 0. The van der Waals surface area contributed by atoms with Gasteiger partial charge in [-0.05, 0) is 6.42 Å². The van der Waals surface area contributed by atoms with Crippen molar-refractivity contribution in [3.8, 4) is 0 Å². The first-order valence-electron chi connectivity index (χ1n) is 5.42. The van der Waals surface area contributed by atoms with Gasteiger partial charge in [-0.3, -0.25) is 5.32 Å². The van der Waals surface area contributed by atoms with Crippen molar-refractivity contribution in [1.82, 2.24) is 15.3 Å². The molecule has 5 nitrogen and oxygen atoms in total. The van der Waals surface area contributed by atoms with E-state index in [-0.39, 0.29) is 5.54 Å². The predicted octanol–water partition coefficient (Wildman–Crippen LogP) is -0.502. The number of hydrogen-bond acceptors (Lipinski definition) is 4. The third-order valence-electron chi connectivity index (χ3n) is 3.41. The van der Waals surface area contributed by atoms with E-state index >= 15 is 0 Å². The van der Waals surface area contributed by atoms with Crippen LogP contribution in [0, 0.1) is 0 Å². The molecule has 0 radical (unpaired) electrons. The van der Waals surface area contributed by atoms with Gasteiger partial charge in [-0.15, -0.1) is 0 Å². The van der Waals surface area contributed by atoms with Gasteiger partial charge in [0.15, 0.2) is 0 Å². The van der Waals surface area contributed by atoms with Crippen molar-refractivity contribution < 1.29 is 4.74 Å². The van der Waals surface area contributed by atoms with E-state index in [1.54, 1.807) is 6.33 Å². The van der Waals surface area contributed by atoms with Gasteiger partial charge >= 0.3 is 0 Å². The van der Waals surface area contributed by atoms with Crippen LogP contribution in [0.25, 0.3) is 0 Å². The molecule has 2 aliphatic heterocycles. The van der Waals surface area contributed by atoms with Crippen LogP contribution in [-0.2, 0) is 16.7 Å². The quantitative estimate of drug-likeness (QED) is 0.581. The maximum absolute atomic E-state index is 5.74. The van der Waals surface area contributed by atoms with Gasteiger partial charge in [-0.25, -0.2) is 4.98 Å². The largest absolute Gasteiger partial charge is 0.379 e. The van der Waals surface area contributed by atoms with Gasteiger partial charge in [0.2, 0.25) is 0 Å². The topological polar surface area (TPSA) is 76.0 Å². The Labute approximate surface area is 88.4 Å². The molecule has 0 saturated carbocycles. The predicted molar refractivity (Wildman–Crippen MR) is 55.4 cm³/mol. The summed E-state index contributed by atoms with van der Waals surface area (Å²) in [5.74, 6) is 0. The normalized spacial score (nSPS) is 34.6. The van der Waals surface area contributed by atoms with Crippen molar-refractivity contribution >= 4 is 0 Å². The number of fused-ring (bicyclic) bond motifs is 2. The molecular formula is C10H16N4O. The van der Waals surface area contributed by atoms with Crippen LogP contribution in [0.3, 0.4) is 0 Å². The average molecular weight is 208 g/mol. The Morgan fingerprint density at radius 3 is 3.33 bits per heavy atom. The number of nitrogens with two attached hydrogens (primary N) is 1. The minimum absolute atomic E-state index is 0.0857. The van der Waals surface area contributed by atoms with Crippen LogP contribution in [0.2, 0.25) is 0 Å². The van der Waals surface area contributed by atoms with Crippen LogP contribution in [0.15, 0.2) is 6.33 Å². The van der Waals surface area contributed by atoms with Crippen molar-refractivity contribution in [2.75, 3.05) is 19.8 Å². The first-order chi connectivity index (χ1) is 7.34. The molecule has 3 rings (SSSR count). The fourth-order valence-electron chi connectivity index (χ4n) is 2.65. The Bertz CT molecular complexity index is 356. The van der Waals surface area contributed by atoms with E-state index in [4.69, 9.17) is 10.5 Å². The van der Waals surface area contributed by atoms with E-state index in [1.807, 2.05) is 0 Å². The fraction of sp³-hybridized carbons (Fsp3) is 0.700. The zero-order valence-electron chi connectivity index (χ0n) is 8.62. The number of aromatic nitrogens is 2. The second-order valence-corrected chi connectivity index (χ2v) is 4.40. The van der Waals surface area contributed by atoms with Crippen LogP contribution in [0.5, 0.6) is 0 Å². The first-order valence-corrected chi connectivity index (χ1v) is 5.42. The lowest BCUT2D eigenvalue weighted by Gasteiger charge is -2.37. The number of aromatic amines is 1. The summed E-state index contributed by atoms with van der Waals surface area (Å²) in [6.45, 7) is 2.16. The van der Waals surface area contributed by atoms with Gasteiger partial charge in [0, 0.05) is 31.3 Å². The monoisotopic (exact) mass is 208 g/mol. The van der Waals surface area contributed by atoms with Gasteiger partial charge in [-0.2, -0.15) is 0 Å². The summed E-state index contributed by atoms with van der Waals surface area (Å²) in [5, 5.41) is 3.59. The summed E-state index contributed by atoms with van der Waals surface area (Å²) < 4.78 is 5.50. The standard InChI is InChI=1S/C10H16N4O/c11-4-7-3-8-9(13-6-12-8)10(14-7)1-2-15-5-10/h6-7,14H,1-5,11H2,(H,12,13). The smallest absolute Gasteiger partial charge is 0.0926 e. The zero-order valence-corrected chi connectivity index (χ0v) is 8.62. The van der Waals surface area contributed by atoms with E-state index < -0.39 is 0 Å². The molecule has 2 aliphatic rings. The van der Waals surface area contributed by atoms with Gasteiger partial charge in [0.1, 0.15) is 0 Å². The molecule has 1 spiro atoms. The maximum Gasteiger partial charge on any atom is 0.0926 e. The summed E-state index contributed by atoms with van der Waals surface area (Å²) >= 11 is 0. The molecule has 0 bridgehead atoms. The van der Waals surface area contributed by atoms with Crippen LogP contribution >= 0.6 is 0 Å². The van der Waals surface area contributed by atoms with Gasteiger partial charge in [-0.1, -0.05) is 0 Å². The molecule has 0 aromatic carbocycles. The van der Waals surface area contributed by atoms with Crippen molar-refractivity contribution in [2.24, 2.45) is 5.73 Å². The van der Waals surface area contributed by atoms with Crippen LogP contribution in [-0.4, -0.2) is 35.8 Å². The molecule has 4 N–H and O–H groups in total. The first kappa shape index (κ1) is 9.33. The molecule has 2 atom stereocenters. The Morgan fingerprint density at radius 1 is 1.67 bits per heavy atom. The lowest BCUT2D eigenvalue weighted by molar-refractivity contribution is 0.153. The van der Waals surface area contributed by atoms with Crippen LogP contribution < -0.4 is 11.1 Å². The highest BCUT2D eigenvalue weighted by atomic mass is 16.5. The van der Waals surface area contributed by atoms with E-state index in [1.165, 1.54) is 5.69 Å². The molecule has 82 valence electrons. The minimum atomic E-state index is -0.0857. The SMILES string of the molecule is NCC1Cc2[nH]cnc2C2(CCOC2)N1. The number of rotatable bonds is 1. The number of hydrogen-bond donors (Lipinski definition) is 3.